The molecule has 0 amide bonds. The second kappa shape index (κ2) is 5.91. The van der Waals surface area contributed by atoms with Gasteiger partial charge >= 0.3 is 0 Å². The molecule has 0 bridgehead atoms. The molecule has 72 valence electrons. The van der Waals surface area contributed by atoms with Crippen molar-refractivity contribution in [2.45, 2.75) is 31.3 Å². The van der Waals surface area contributed by atoms with Crippen LogP contribution < -0.4 is 0 Å². The van der Waals surface area contributed by atoms with Gasteiger partial charge in [0.15, 0.2) is 0 Å². The third-order valence-electron chi connectivity index (χ3n) is 2.02. The molecule has 0 spiro atoms. The quantitative estimate of drug-likeness (QED) is 0.746. The molecular weight excluding hydrogens is 291 g/mol. The molecule has 1 aromatic carbocycles. The minimum Gasteiger partial charge on any atom is -0.154 e. The molecule has 0 heterocycles. The molecule has 0 fully saturated rings. The predicted octanol–water partition coefficient (Wildman–Crippen LogP) is 4.32. The highest BCUT2D eigenvalue weighted by molar-refractivity contribution is 14.1. The van der Waals surface area contributed by atoms with Crippen LogP contribution in [0, 0.1) is 3.57 Å². The molecule has 0 aliphatic heterocycles. The van der Waals surface area contributed by atoms with Crippen molar-refractivity contribution >= 4 is 34.4 Å². The Bertz CT molecular complexity index is 243. The fraction of sp³-hybridized carbons (Fsp3) is 0.455. The summed E-state index contributed by atoms with van der Waals surface area (Å²) in [5, 5.41) is 0.777. The lowest BCUT2D eigenvalue weighted by atomic mass is 10.2. The van der Waals surface area contributed by atoms with Gasteiger partial charge in [0.05, 0.1) is 0 Å². The van der Waals surface area contributed by atoms with Crippen molar-refractivity contribution in [2.75, 3.05) is 0 Å². The molecule has 0 saturated carbocycles. The van der Waals surface area contributed by atoms with E-state index in [1.807, 2.05) is 11.8 Å². The Morgan fingerprint density at radius 1 is 1.31 bits per heavy atom. The topological polar surface area (TPSA) is 0 Å². The first kappa shape index (κ1) is 11.4. The molecule has 13 heavy (non-hydrogen) atoms. The van der Waals surface area contributed by atoms with E-state index in [4.69, 9.17) is 0 Å². The van der Waals surface area contributed by atoms with E-state index in [2.05, 4.69) is 60.7 Å². The van der Waals surface area contributed by atoms with Gasteiger partial charge in [-0.05, 0) is 46.7 Å². The first-order valence-electron chi connectivity index (χ1n) is 4.58. The number of thioether (sulfide) groups is 1. The van der Waals surface area contributed by atoms with Crippen molar-refractivity contribution in [1.82, 2.24) is 0 Å². The van der Waals surface area contributed by atoms with Crippen molar-refractivity contribution < 1.29 is 0 Å². The van der Waals surface area contributed by atoms with E-state index in [0.29, 0.717) is 0 Å². The van der Waals surface area contributed by atoms with Crippen LogP contribution in [0.2, 0.25) is 0 Å². The van der Waals surface area contributed by atoms with E-state index in [1.54, 1.807) is 0 Å². The third-order valence-corrected chi connectivity index (χ3v) is 4.14. The maximum Gasteiger partial charge on any atom is 0.0187 e. The van der Waals surface area contributed by atoms with Gasteiger partial charge in [-0.15, -0.1) is 0 Å². The van der Waals surface area contributed by atoms with Crippen LogP contribution in [-0.2, 0) is 5.75 Å². The van der Waals surface area contributed by atoms with Crippen molar-refractivity contribution in [3.05, 3.63) is 33.4 Å². The van der Waals surface area contributed by atoms with Crippen LogP contribution in [0.1, 0.15) is 25.8 Å². The number of hydrogen-bond acceptors (Lipinski definition) is 1. The Morgan fingerprint density at radius 2 is 1.92 bits per heavy atom. The van der Waals surface area contributed by atoms with Crippen LogP contribution in [-0.4, -0.2) is 5.25 Å². The monoisotopic (exact) mass is 306 g/mol. The van der Waals surface area contributed by atoms with Crippen molar-refractivity contribution in [2.24, 2.45) is 0 Å². The van der Waals surface area contributed by atoms with E-state index >= 15 is 0 Å². The SMILES string of the molecule is CCC(C)SCc1ccc(I)cc1. The summed E-state index contributed by atoms with van der Waals surface area (Å²) < 4.78 is 1.31. The Kier molecular flexibility index (Phi) is 5.17. The van der Waals surface area contributed by atoms with E-state index in [-0.39, 0.29) is 0 Å². The molecule has 0 saturated heterocycles. The first-order chi connectivity index (χ1) is 6.22. The van der Waals surface area contributed by atoms with Gasteiger partial charge in [-0.2, -0.15) is 11.8 Å². The van der Waals surface area contributed by atoms with Gasteiger partial charge in [-0.3, -0.25) is 0 Å². The molecular formula is C11H15IS. The molecule has 0 radical (unpaired) electrons. The maximum atomic E-state index is 2.34. The zero-order chi connectivity index (χ0) is 9.68. The molecule has 0 aromatic heterocycles. The molecule has 1 aromatic rings. The smallest absolute Gasteiger partial charge is 0.0187 e. The average molecular weight is 306 g/mol. The second-order valence-corrected chi connectivity index (χ2v) is 5.83. The predicted molar refractivity (Wildman–Crippen MR) is 70.2 cm³/mol. The van der Waals surface area contributed by atoms with Crippen molar-refractivity contribution in [3.63, 3.8) is 0 Å². The van der Waals surface area contributed by atoms with Crippen LogP contribution in [0.3, 0.4) is 0 Å². The normalized spacial score (nSPS) is 12.8. The summed E-state index contributed by atoms with van der Waals surface area (Å²) in [4.78, 5) is 0. The van der Waals surface area contributed by atoms with Gasteiger partial charge in [0, 0.05) is 14.6 Å². The largest absolute Gasteiger partial charge is 0.154 e. The molecule has 0 nitrogen and oxygen atoms in total. The number of hydrogen-bond donors (Lipinski definition) is 0. The second-order valence-electron chi connectivity index (χ2n) is 3.16. The Morgan fingerprint density at radius 3 is 2.46 bits per heavy atom. The summed E-state index contributed by atoms with van der Waals surface area (Å²) >= 11 is 4.37. The lowest BCUT2D eigenvalue weighted by Crippen LogP contribution is -1.93. The van der Waals surface area contributed by atoms with Gasteiger partial charge in [0.1, 0.15) is 0 Å². The van der Waals surface area contributed by atoms with E-state index in [0.717, 1.165) is 11.0 Å². The minimum absolute atomic E-state index is 0.777. The van der Waals surface area contributed by atoms with Gasteiger partial charge in [-0.1, -0.05) is 26.0 Å². The fourth-order valence-corrected chi connectivity index (χ4v) is 2.20. The van der Waals surface area contributed by atoms with E-state index in [9.17, 15) is 0 Å². The Balaban J connectivity index is 2.41. The molecule has 0 aliphatic rings. The van der Waals surface area contributed by atoms with Crippen molar-refractivity contribution in [3.8, 4) is 0 Å². The highest BCUT2D eigenvalue weighted by atomic mass is 127. The van der Waals surface area contributed by atoms with Crippen LogP contribution in [0.5, 0.6) is 0 Å². The zero-order valence-electron chi connectivity index (χ0n) is 8.09. The fourth-order valence-electron chi connectivity index (χ4n) is 0.937. The van der Waals surface area contributed by atoms with Gasteiger partial charge in [0.25, 0.3) is 0 Å². The molecule has 1 unspecified atom stereocenters. The van der Waals surface area contributed by atoms with Gasteiger partial charge < -0.3 is 0 Å². The van der Waals surface area contributed by atoms with Crippen LogP contribution in [0.15, 0.2) is 24.3 Å². The molecule has 2 heteroatoms. The first-order valence-corrected chi connectivity index (χ1v) is 6.71. The third kappa shape index (κ3) is 4.36. The number of benzene rings is 1. The summed E-state index contributed by atoms with van der Waals surface area (Å²) in [5.74, 6) is 1.14. The number of rotatable bonds is 4. The van der Waals surface area contributed by atoms with Crippen LogP contribution >= 0.6 is 34.4 Å². The summed E-state index contributed by atoms with van der Waals surface area (Å²) in [6.07, 6.45) is 1.26. The summed E-state index contributed by atoms with van der Waals surface area (Å²) in [5.41, 5.74) is 1.44. The summed E-state index contributed by atoms with van der Waals surface area (Å²) in [6, 6.07) is 8.79. The van der Waals surface area contributed by atoms with Crippen LogP contribution in [0.4, 0.5) is 0 Å². The van der Waals surface area contributed by atoms with Gasteiger partial charge in [0.2, 0.25) is 0 Å². The average Bonchev–Trinajstić information content (AvgIpc) is 2.16. The van der Waals surface area contributed by atoms with Gasteiger partial charge in [-0.25, -0.2) is 0 Å². The molecule has 0 N–H and O–H groups in total. The van der Waals surface area contributed by atoms with Crippen molar-refractivity contribution in [1.29, 1.82) is 0 Å². The highest BCUT2D eigenvalue weighted by Gasteiger charge is 1.99. The minimum atomic E-state index is 0.777. The lowest BCUT2D eigenvalue weighted by Gasteiger charge is -2.07. The van der Waals surface area contributed by atoms with E-state index in [1.165, 1.54) is 15.6 Å². The molecule has 0 aliphatic carbocycles. The summed E-state index contributed by atoms with van der Waals surface area (Å²) in [7, 11) is 0. The lowest BCUT2D eigenvalue weighted by molar-refractivity contribution is 0.905. The Labute approximate surface area is 98.6 Å². The Hall–Kier alpha value is 0.300. The number of halogens is 1. The standard InChI is InChI=1S/C11H15IS/c1-3-9(2)13-8-10-4-6-11(12)7-5-10/h4-7,9H,3,8H2,1-2H3. The van der Waals surface area contributed by atoms with Crippen LogP contribution in [0.25, 0.3) is 0 Å². The van der Waals surface area contributed by atoms with E-state index < -0.39 is 0 Å². The molecule has 1 atom stereocenters. The molecule has 1 rings (SSSR count). The maximum absolute atomic E-state index is 2.34. The zero-order valence-corrected chi connectivity index (χ0v) is 11.1. The highest BCUT2D eigenvalue weighted by Crippen LogP contribution is 2.20. The summed E-state index contributed by atoms with van der Waals surface area (Å²) in [6.45, 7) is 4.53.